The second-order valence-electron chi connectivity index (χ2n) is 11.8. The van der Waals surface area contributed by atoms with E-state index in [0.29, 0.717) is 0 Å². The van der Waals surface area contributed by atoms with Crippen molar-refractivity contribution in [2.75, 3.05) is 4.90 Å². The Bertz CT molecular complexity index is 2530. The molecule has 0 spiro atoms. The minimum absolute atomic E-state index is 1.12. The summed E-state index contributed by atoms with van der Waals surface area (Å²) < 4.78 is 2.63. The van der Waals surface area contributed by atoms with Gasteiger partial charge >= 0.3 is 0 Å². The number of fused-ring (bicyclic) bond motifs is 5. The maximum atomic E-state index is 2.45. The van der Waals surface area contributed by atoms with Gasteiger partial charge in [-0.25, -0.2) is 0 Å². The highest BCUT2D eigenvalue weighted by atomic mass is 32.1. The molecule has 0 radical (unpaired) electrons. The molecular formula is C44H29NS. The van der Waals surface area contributed by atoms with Crippen LogP contribution in [0.15, 0.2) is 176 Å². The number of para-hydroxylation sites is 1. The molecule has 46 heavy (non-hydrogen) atoms. The van der Waals surface area contributed by atoms with E-state index in [1.165, 1.54) is 64.0 Å². The average Bonchev–Trinajstić information content (AvgIpc) is 3.49. The van der Waals surface area contributed by atoms with Crippen molar-refractivity contribution in [1.82, 2.24) is 0 Å². The Morgan fingerprint density at radius 3 is 1.91 bits per heavy atom. The van der Waals surface area contributed by atoms with E-state index in [-0.39, 0.29) is 0 Å². The Kier molecular flexibility index (Phi) is 6.40. The number of thiophene rings is 1. The fourth-order valence-electron chi connectivity index (χ4n) is 6.79. The van der Waals surface area contributed by atoms with Crippen LogP contribution in [0.5, 0.6) is 0 Å². The van der Waals surface area contributed by atoms with Crippen molar-refractivity contribution in [3.63, 3.8) is 0 Å². The molecule has 0 bridgehead atoms. The van der Waals surface area contributed by atoms with Crippen LogP contribution in [0.2, 0.25) is 0 Å². The van der Waals surface area contributed by atoms with Crippen LogP contribution in [0.1, 0.15) is 0 Å². The van der Waals surface area contributed by atoms with E-state index in [2.05, 4.69) is 181 Å². The minimum atomic E-state index is 1.12. The van der Waals surface area contributed by atoms with Crippen molar-refractivity contribution in [1.29, 1.82) is 0 Å². The van der Waals surface area contributed by atoms with Crippen molar-refractivity contribution in [3.8, 4) is 22.3 Å². The van der Waals surface area contributed by atoms with E-state index in [0.717, 1.165) is 17.1 Å². The SMILES string of the molecule is c1ccc(-c2ccc(N(c3ccccc3-c3ccc4ccccc4c3)c3cccc4cc5c(cc34)sc3ccccc35)cc2)cc1. The van der Waals surface area contributed by atoms with Crippen molar-refractivity contribution in [3.05, 3.63) is 176 Å². The van der Waals surface area contributed by atoms with E-state index in [1.807, 2.05) is 11.3 Å². The third kappa shape index (κ3) is 4.54. The molecule has 0 saturated carbocycles. The number of nitrogens with zero attached hydrogens (tertiary/aromatic N) is 1. The summed E-state index contributed by atoms with van der Waals surface area (Å²) >= 11 is 1.87. The van der Waals surface area contributed by atoms with Crippen LogP contribution in [0, 0.1) is 0 Å². The van der Waals surface area contributed by atoms with Crippen molar-refractivity contribution >= 4 is 70.1 Å². The van der Waals surface area contributed by atoms with Gasteiger partial charge in [0.2, 0.25) is 0 Å². The zero-order valence-electron chi connectivity index (χ0n) is 25.1. The van der Waals surface area contributed by atoms with Gasteiger partial charge in [0.25, 0.3) is 0 Å². The van der Waals surface area contributed by atoms with Crippen LogP contribution in [0.3, 0.4) is 0 Å². The quantitative estimate of drug-likeness (QED) is 0.189. The Labute approximate surface area is 272 Å². The lowest BCUT2D eigenvalue weighted by Gasteiger charge is -2.29. The molecule has 0 N–H and O–H groups in total. The van der Waals surface area contributed by atoms with Gasteiger partial charge in [0.15, 0.2) is 0 Å². The van der Waals surface area contributed by atoms with Gasteiger partial charge in [-0.3, -0.25) is 0 Å². The first-order valence-corrected chi connectivity index (χ1v) is 16.5. The topological polar surface area (TPSA) is 3.24 Å². The zero-order chi connectivity index (χ0) is 30.5. The largest absolute Gasteiger partial charge is 0.309 e. The molecule has 0 aliphatic heterocycles. The third-order valence-corrected chi connectivity index (χ3v) is 10.2. The van der Waals surface area contributed by atoms with Crippen LogP contribution in [-0.4, -0.2) is 0 Å². The monoisotopic (exact) mass is 603 g/mol. The lowest BCUT2D eigenvalue weighted by Crippen LogP contribution is -2.11. The smallest absolute Gasteiger partial charge is 0.0540 e. The van der Waals surface area contributed by atoms with E-state index in [9.17, 15) is 0 Å². The Hall–Kier alpha value is -5.70. The molecule has 0 aliphatic rings. The molecular weight excluding hydrogens is 575 g/mol. The maximum Gasteiger partial charge on any atom is 0.0540 e. The molecule has 0 saturated heterocycles. The molecule has 2 heteroatoms. The standard InChI is InChI=1S/C44H29NS/c1-2-11-30(12-3-1)32-23-25-36(26-24-32)45(41-18-8-6-16-37(41)35-22-21-31-13-4-5-14-33(31)27-35)42-19-10-15-34-28-40-38-17-7-9-20-43(38)46-44(40)29-39(34)42/h1-29H. The molecule has 1 heterocycles. The predicted octanol–water partition coefficient (Wildman–Crippen LogP) is 13.2. The Morgan fingerprint density at radius 2 is 1.02 bits per heavy atom. The first kappa shape index (κ1) is 26.7. The summed E-state index contributed by atoms with van der Waals surface area (Å²) in [6, 6.07) is 64.0. The molecule has 0 aliphatic carbocycles. The first-order chi connectivity index (χ1) is 22.8. The second kappa shape index (κ2) is 11.0. The summed E-state index contributed by atoms with van der Waals surface area (Å²) in [4.78, 5) is 2.45. The van der Waals surface area contributed by atoms with Gasteiger partial charge in [-0.2, -0.15) is 0 Å². The Morgan fingerprint density at radius 1 is 0.348 bits per heavy atom. The summed E-state index contributed by atoms with van der Waals surface area (Å²) in [5.74, 6) is 0. The molecule has 216 valence electrons. The molecule has 9 rings (SSSR count). The highest BCUT2D eigenvalue weighted by Crippen LogP contribution is 2.46. The number of hydrogen-bond acceptors (Lipinski definition) is 2. The normalized spacial score (nSPS) is 11.5. The van der Waals surface area contributed by atoms with Gasteiger partial charge < -0.3 is 4.90 Å². The molecule has 1 nitrogen and oxygen atoms in total. The van der Waals surface area contributed by atoms with E-state index < -0.39 is 0 Å². The summed E-state index contributed by atoms with van der Waals surface area (Å²) in [7, 11) is 0. The van der Waals surface area contributed by atoms with E-state index in [4.69, 9.17) is 0 Å². The molecule has 9 aromatic rings. The predicted molar refractivity (Wildman–Crippen MR) is 200 cm³/mol. The number of anilines is 3. The van der Waals surface area contributed by atoms with E-state index in [1.54, 1.807) is 0 Å². The summed E-state index contributed by atoms with van der Waals surface area (Å²) in [6.07, 6.45) is 0. The summed E-state index contributed by atoms with van der Waals surface area (Å²) in [5, 5.41) is 7.61. The Balaban J connectivity index is 1.28. The van der Waals surface area contributed by atoms with Crippen molar-refractivity contribution in [2.24, 2.45) is 0 Å². The average molecular weight is 604 g/mol. The molecule has 0 unspecified atom stereocenters. The summed E-state index contributed by atoms with van der Waals surface area (Å²) in [6.45, 7) is 0. The van der Waals surface area contributed by atoms with Gasteiger partial charge in [0, 0.05) is 36.8 Å². The second-order valence-corrected chi connectivity index (χ2v) is 12.9. The number of benzene rings is 8. The maximum absolute atomic E-state index is 2.45. The van der Waals surface area contributed by atoms with Crippen LogP contribution in [-0.2, 0) is 0 Å². The lowest BCUT2D eigenvalue weighted by molar-refractivity contribution is 1.30. The fraction of sp³-hybridized carbons (Fsp3) is 0. The molecule has 1 aromatic heterocycles. The molecule has 0 atom stereocenters. The third-order valence-electron chi connectivity index (χ3n) is 9.03. The molecule has 8 aromatic carbocycles. The number of rotatable bonds is 5. The van der Waals surface area contributed by atoms with E-state index >= 15 is 0 Å². The highest BCUT2D eigenvalue weighted by molar-refractivity contribution is 7.25. The lowest BCUT2D eigenvalue weighted by atomic mass is 9.97. The van der Waals surface area contributed by atoms with Gasteiger partial charge in [-0.15, -0.1) is 11.3 Å². The molecule has 0 amide bonds. The van der Waals surface area contributed by atoms with Crippen LogP contribution in [0.25, 0.3) is 64.0 Å². The zero-order valence-corrected chi connectivity index (χ0v) is 25.9. The summed E-state index contributed by atoms with van der Waals surface area (Å²) in [5.41, 5.74) is 8.25. The minimum Gasteiger partial charge on any atom is -0.309 e. The van der Waals surface area contributed by atoms with Crippen LogP contribution >= 0.6 is 11.3 Å². The van der Waals surface area contributed by atoms with Gasteiger partial charge in [0.05, 0.1) is 11.4 Å². The van der Waals surface area contributed by atoms with Gasteiger partial charge in [-0.1, -0.05) is 127 Å². The van der Waals surface area contributed by atoms with Crippen molar-refractivity contribution < 1.29 is 0 Å². The highest BCUT2D eigenvalue weighted by Gasteiger charge is 2.20. The van der Waals surface area contributed by atoms with Gasteiger partial charge in [-0.05, 0) is 81.4 Å². The fourth-order valence-corrected chi connectivity index (χ4v) is 7.91. The first-order valence-electron chi connectivity index (χ1n) is 15.7. The number of hydrogen-bond donors (Lipinski definition) is 0. The van der Waals surface area contributed by atoms with Crippen LogP contribution in [0.4, 0.5) is 17.1 Å². The van der Waals surface area contributed by atoms with Crippen molar-refractivity contribution in [2.45, 2.75) is 0 Å². The van der Waals surface area contributed by atoms with Gasteiger partial charge in [0.1, 0.15) is 0 Å². The molecule has 0 fully saturated rings. The van der Waals surface area contributed by atoms with Crippen LogP contribution < -0.4 is 4.90 Å².